The van der Waals surface area contributed by atoms with Gasteiger partial charge in [-0.05, 0) is 40.7 Å². The summed E-state index contributed by atoms with van der Waals surface area (Å²) < 4.78 is 0. The summed E-state index contributed by atoms with van der Waals surface area (Å²) in [7, 11) is 5.85. The average Bonchev–Trinajstić information content (AvgIpc) is 2.15. The quantitative estimate of drug-likeness (QED) is 0.601. The van der Waals surface area contributed by atoms with Crippen molar-refractivity contribution < 1.29 is 14.7 Å². The van der Waals surface area contributed by atoms with Gasteiger partial charge in [0.05, 0.1) is 0 Å². The fourth-order valence-electron chi connectivity index (χ4n) is 1.49. The van der Waals surface area contributed by atoms with E-state index >= 15 is 0 Å². The maximum Gasteiger partial charge on any atom is 0.327 e. The second-order valence-electron chi connectivity index (χ2n) is 4.51. The number of carboxylic acid groups (broad SMARTS) is 1. The highest BCUT2D eigenvalue weighted by atomic mass is 16.4. The Morgan fingerprint density at radius 3 is 2.24 bits per heavy atom. The van der Waals surface area contributed by atoms with Crippen LogP contribution in [0.3, 0.4) is 0 Å². The third-order valence-electron chi connectivity index (χ3n) is 2.31. The standard InChI is InChI=1S/C11H23N3O3/c1-9(15)12-10(11(16)17)8-14(4)7-5-6-13(2)3/h10H,5-8H2,1-4H3,(H,12,15)(H,16,17). The number of aliphatic carboxylic acids is 1. The Morgan fingerprint density at radius 2 is 1.82 bits per heavy atom. The van der Waals surface area contributed by atoms with Crippen LogP contribution in [0.25, 0.3) is 0 Å². The van der Waals surface area contributed by atoms with Crippen LogP contribution in [0, 0.1) is 0 Å². The van der Waals surface area contributed by atoms with Gasteiger partial charge >= 0.3 is 5.97 Å². The lowest BCUT2D eigenvalue weighted by Crippen LogP contribution is -2.47. The molecule has 0 spiro atoms. The summed E-state index contributed by atoms with van der Waals surface area (Å²) in [5, 5.41) is 11.4. The van der Waals surface area contributed by atoms with Gasteiger partial charge in [-0.25, -0.2) is 4.79 Å². The highest BCUT2D eigenvalue weighted by Gasteiger charge is 2.19. The molecule has 0 rings (SSSR count). The van der Waals surface area contributed by atoms with Crippen LogP contribution in [0.4, 0.5) is 0 Å². The fourth-order valence-corrected chi connectivity index (χ4v) is 1.49. The molecule has 100 valence electrons. The molecule has 0 aromatic heterocycles. The molecule has 0 radical (unpaired) electrons. The van der Waals surface area contributed by atoms with E-state index < -0.39 is 12.0 Å². The molecular weight excluding hydrogens is 222 g/mol. The van der Waals surface area contributed by atoms with E-state index in [1.807, 2.05) is 26.0 Å². The van der Waals surface area contributed by atoms with Crippen LogP contribution in [0.5, 0.6) is 0 Å². The number of nitrogens with one attached hydrogen (secondary N) is 1. The average molecular weight is 245 g/mol. The Kier molecular flexibility index (Phi) is 7.49. The smallest absolute Gasteiger partial charge is 0.327 e. The van der Waals surface area contributed by atoms with E-state index in [2.05, 4.69) is 10.2 Å². The predicted octanol–water partition coefficient (Wildman–Crippen LogP) is -0.541. The van der Waals surface area contributed by atoms with E-state index in [1.165, 1.54) is 6.92 Å². The number of hydrogen-bond acceptors (Lipinski definition) is 4. The van der Waals surface area contributed by atoms with E-state index in [-0.39, 0.29) is 5.91 Å². The molecule has 6 nitrogen and oxygen atoms in total. The molecule has 0 aromatic carbocycles. The van der Waals surface area contributed by atoms with Gasteiger partial charge in [-0.2, -0.15) is 0 Å². The maximum atomic E-state index is 10.9. The minimum Gasteiger partial charge on any atom is -0.480 e. The Morgan fingerprint density at radius 1 is 1.24 bits per heavy atom. The van der Waals surface area contributed by atoms with E-state index in [1.54, 1.807) is 0 Å². The zero-order chi connectivity index (χ0) is 13.4. The van der Waals surface area contributed by atoms with Gasteiger partial charge in [0.15, 0.2) is 0 Å². The van der Waals surface area contributed by atoms with Crippen molar-refractivity contribution in [3.63, 3.8) is 0 Å². The molecule has 0 aromatic rings. The molecule has 0 saturated carbocycles. The van der Waals surface area contributed by atoms with Gasteiger partial charge < -0.3 is 20.2 Å². The van der Waals surface area contributed by atoms with Crippen molar-refractivity contribution in [2.75, 3.05) is 40.8 Å². The summed E-state index contributed by atoms with van der Waals surface area (Å²) in [6, 6.07) is -0.836. The van der Waals surface area contributed by atoms with Crippen LogP contribution in [-0.4, -0.2) is 73.6 Å². The summed E-state index contributed by atoms with van der Waals surface area (Å²) in [5.74, 6) is -1.32. The second kappa shape index (κ2) is 8.03. The number of rotatable bonds is 8. The lowest BCUT2D eigenvalue weighted by atomic mass is 10.2. The lowest BCUT2D eigenvalue weighted by Gasteiger charge is -2.22. The van der Waals surface area contributed by atoms with Crippen LogP contribution in [0.15, 0.2) is 0 Å². The zero-order valence-corrected chi connectivity index (χ0v) is 11.1. The van der Waals surface area contributed by atoms with Gasteiger partial charge in [0.25, 0.3) is 0 Å². The van der Waals surface area contributed by atoms with Crippen LogP contribution in [-0.2, 0) is 9.59 Å². The molecule has 2 N–H and O–H groups in total. The minimum atomic E-state index is -1.00. The number of amides is 1. The van der Waals surface area contributed by atoms with Crippen molar-refractivity contribution in [3.05, 3.63) is 0 Å². The van der Waals surface area contributed by atoms with Crippen molar-refractivity contribution in [2.24, 2.45) is 0 Å². The van der Waals surface area contributed by atoms with Gasteiger partial charge in [-0.1, -0.05) is 0 Å². The molecule has 0 saturated heterocycles. The highest BCUT2D eigenvalue weighted by molar-refractivity contribution is 5.82. The largest absolute Gasteiger partial charge is 0.480 e. The molecule has 0 heterocycles. The first-order chi connectivity index (χ1) is 7.82. The Balaban J connectivity index is 3.99. The molecule has 0 fully saturated rings. The Labute approximate surface area is 103 Å². The van der Waals surface area contributed by atoms with Gasteiger partial charge in [0.1, 0.15) is 6.04 Å². The molecule has 0 aliphatic heterocycles. The van der Waals surface area contributed by atoms with Crippen LogP contribution < -0.4 is 5.32 Å². The van der Waals surface area contributed by atoms with Crippen molar-refractivity contribution >= 4 is 11.9 Å². The van der Waals surface area contributed by atoms with Crippen LogP contribution in [0.2, 0.25) is 0 Å². The minimum absolute atomic E-state index is 0.320. The zero-order valence-electron chi connectivity index (χ0n) is 11.1. The normalized spacial score (nSPS) is 12.8. The Hall–Kier alpha value is -1.14. The number of carbonyl (C=O) groups is 2. The van der Waals surface area contributed by atoms with E-state index in [0.29, 0.717) is 6.54 Å². The summed E-state index contributed by atoms with van der Waals surface area (Å²) in [6.45, 7) is 3.41. The monoisotopic (exact) mass is 245 g/mol. The van der Waals surface area contributed by atoms with Crippen LogP contribution >= 0.6 is 0 Å². The van der Waals surface area contributed by atoms with Crippen molar-refractivity contribution in [1.82, 2.24) is 15.1 Å². The first-order valence-corrected chi connectivity index (χ1v) is 5.66. The van der Waals surface area contributed by atoms with E-state index in [0.717, 1.165) is 19.5 Å². The van der Waals surface area contributed by atoms with Crippen LogP contribution in [0.1, 0.15) is 13.3 Å². The lowest BCUT2D eigenvalue weighted by molar-refractivity contribution is -0.142. The maximum absolute atomic E-state index is 10.9. The second-order valence-corrected chi connectivity index (χ2v) is 4.51. The van der Waals surface area contributed by atoms with Crippen molar-refractivity contribution in [2.45, 2.75) is 19.4 Å². The molecular formula is C11H23N3O3. The molecule has 6 heteroatoms. The molecule has 1 atom stereocenters. The highest BCUT2D eigenvalue weighted by Crippen LogP contribution is 1.94. The first-order valence-electron chi connectivity index (χ1n) is 5.66. The number of carbonyl (C=O) groups excluding carboxylic acids is 1. The molecule has 1 amide bonds. The summed E-state index contributed by atoms with van der Waals surface area (Å²) in [5.41, 5.74) is 0. The summed E-state index contributed by atoms with van der Waals surface area (Å²) in [4.78, 5) is 25.7. The summed E-state index contributed by atoms with van der Waals surface area (Å²) >= 11 is 0. The van der Waals surface area contributed by atoms with Gasteiger partial charge in [0, 0.05) is 13.5 Å². The third kappa shape index (κ3) is 8.65. The molecule has 1 unspecified atom stereocenters. The molecule has 0 bridgehead atoms. The van der Waals surface area contributed by atoms with E-state index in [4.69, 9.17) is 5.11 Å². The number of likely N-dealkylation sites (N-methyl/N-ethyl adjacent to an activating group) is 1. The third-order valence-corrected chi connectivity index (χ3v) is 2.31. The Bertz CT molecular complexity index is 256. The van der Waals surface area contributed by atoms with Gasteiger partial charge in [0.2, 0.25) is 5.91 Å². The molecule has 0 aliphatic rings. The van der Waals surface area contributed by atoms with Crippen molar-refractivity contribution in [1.29, 1.82) is 0 Å². The fraction of sp³-hybridized carbons (Fsp3) is 0.818. The molecule has 17 heavy (non-hydrogen) atoms. The van der Waals surface area contributed by atoms with E-state index in [9.17, 15) is 9.59 Å². The SMILES string of the molecule is CC(=O)NC(CN(C)CCCN(C)C)C(=O)O. The van der Waals surface area contributed by atoms with Gasteiger partial charge in [-0.15, -0.1) is 0 Å². The predicted molar refractivity (Wildman–Crippen MR) is 65.9 cm³/mol. The number of carboxylic acids is 1. The van der Waals surface area contributed by atoms with Gasteiger partial charge in [-0.3, -0.25) is 4.79 Å². The number of hydrogen-bond donors (Lipinski definition) is 2. The van der Waals surface area contributed by atoms with Crippen molar-refractivity contribution in [3.8, 4) is 0 Å². The topological polar surface area (TPSA) is 72.9 Å². The number of nitrogens with zero attached hydrogens (tertiary/aromatic N) is 2. The summed E-state index contributed by atoms with van der Waals surface area (Å²) in [6.07, 6.45) is 0.968. The first kappa shape index (κ1) is 15.9. The molecule has 0 aliphatic carbocycles.